The van der Waals surface area contributed by atoms with Crippen LogP contribution in [0.3, 0.4) is 0 Å². The van der Waals surface area contributed by atoms with Crippen molar-refractivity contribution in [3.05, 3.63) is 41.4 Å². The highest BCUT2D eigenvalue weighted by Gasteiger charge is 2.08. The summed E-state index contributed by atoms with van der Waals surface area (Å²) >= 11 is 5.89. The van der Waals surface area contributed by atoms with Crippen molar-refractivity contribution < 1.29 is 5.11 Å². The maximum absolute atomic E-state index is 9.10. The van der Waals surface area contributed by atoms with Crippen molar-refractivity contribution in [2.24, 2.45) is 5.73 Å². The fraction of sp³-hybridized carbons (Fsp3) is 0.200. The summed E-state index contributed by atoms with van der Waals surface area (Å²) in [6.45, 7) is 3.60. The minimum Gasteiger partial charge on any atom is -0.508 e. The van der Waals surface area contributed by atoms with Crippen LogP contribution in [0.15, 0.2) is 30.9 Å². The number of phenols is 1. The number of hydrogen-bond donors (Lipinski definition) is 2. The average molecular weight is 198 g/mol. The molecule has 0 saturated heterocycles. The zero-order chi connectivity index (χ0) is 9.84. The van der Waals surface area contributed by atoms with E-state index >= 15 is 0 Å². The van der Waals surface area contributed by atoms with Gasteiger partial charge in [0.05, 0.1) is 0 Å². The van der Waals surface area contributed by atoms with Crippen molar-refractivity contribution in [2.75, 3.05) is 0 Å². The summed E-state index contributed by atoms with van der Waals surface area (Å²) < 4.78 is 0. The fourth-order valence-corrected chi connectivity index (χ4v) is 1.44. The normalized spacial score (nSPS) is 12.5. The van der Waals surface area contributed by atoms with E-state index in [0.717, 1.165) is 5.56 Å². The summed E-state index contributed by atoms with van der Waals surface area (Å²) in [6.07, 6.45) is 2.42. The van der Waals surface area contributed by atoms with Crippen LogP contribution in [-0.2, 0) is 0 Å². The molecule has 1 aromatic carbocycles. The molecule has 3 heteroatoms. The van der Waals surface area contributed by atoms with Crippen molar-refractivity contribution in [2.45, 2.75) is 12.5 Å². The first-order valence-corrected chi connectivity index (χ1v) is 4.38. The predicted molar refractivity (Wildman–Crippen MR) is 54.9 cm³/mol. The van der Waals surface area contributed by atoms with Gasteiger partial charge in [-0.3, -0.25) is 0 Å². The second-order valence-electron chi connectivity index (χ2n) is 2.84. The van der Waals surface area contributed by atoms with Crippen LogP contribution in [0.1, 0.15) is 18.0 Å². The minimum atomic E-state index is -0.148. The first-order chi connectivity index (χ1) is 6.15. The molecule has 1 rings (SSSR count). The van der Waals surface area contributed by atoms with Crippen molar-refractivity contribution in [3.63, 3.8) is 0 Å². The molecule has 2 nitrogen and oxygen atoms in total. The maximum Gasteiger partial charge on any atom is 0.117 e. The molecule has 0 aliphatic rings. The van der Waals surface area contributed by atoms with E-state index < -0.39 is 0 Å². The number of phenolic OH excluding ortho intramolecular Hbond substituents is 1. The maximum atomic E-state index is 9.10. The van der Waals surface area contributed by atoms with Crippen LogP contribution in [0, 0.1) is 0 Å². The molecule has 13 heavy (non-hydrogen) atoms. The van der Waals surface area contributed by atoms with Gasteiger partial charge in [0.1, 0.15) is 5.75 Å². The van der Waals surface area contributed by atoms with Gasteiger partial charge in [0.25, 0.3) is 0 Å². The Morgan fingerprint density at radius 2 is 2.31 bits per heavy atom. The van der Waals surface area contributed by atoms with Crippen LogP contribution in [0.5, 0.6) is 5.75 Å². The largest absolute Gasteiger partial charge is 0.508 e. The van der Waals surface area contributed by atoms with Gasteiger partial charge in [-0.15, -0.1) is 6.58 Å². The number of benzene rings is 1. The summed E-state index contributed by atoms with van der Waals surface area (Å²) in [4.78, 5) is 0. The number of nitrogens with two attached hydrogens (primary N) is 1. The standard InChI is InChI=1S/C10H12ClNO/c1-2-3-10(12)8-5-4-7(13)6-9(8)11/h2,4-6,10,13H,1,3,12H2. The Labute approximate surface area is 82.6 Å². The molecule has 1 unspecified atom stereocenters. The monoisotopic (exact) mass is 197 g/mol. The summed E-state index contributed by atoms with van der Waals surface area (Å²) in [5.74, 6) is 0.152. The second kappa shape index (κ2) is 4.30. The van der Waals surface area contributed by atoms with Crippen molar-refractivity contribution >= 4 is 11.6 Å². The molecule has 1 aromatic rings. The Hall–Kier alpha value is -0.990. The van der Waals surface area contributed by atoms with E-state index in [1.54, 1.807) is 18.2 Å². The molecule has 3 N–H and O–H groups in total. The van der Waals surface area contributed by atoms with Crippen LogP contribution in [0.2, 0.25) is 5.02 Å². The van der Waals surface area contributed by atoms with E-state index in [9.17, 15) is 0 Å². The smallest absolute Gasteiger partial charge is 0.117 e. The number of aromatic hydroxyl groups is 1. The summed E-state index contributed by atoms with van der Waals surface area (Å²) in [7, 11) is 0. The molecule has 0 radical (unpaired) electrons. The average Bonchev–Trinajstić information content (AvgIpc) is 2.04. The van der Waals surface area contributed by atoms with Gasteiger partial charge in [0, 0.05) is 11.1 Å². The SMILES string of the molecule is C=CCC(N)c1ccc(O)cc1Cl. The van der Waals surface area contributed by atoms with E-state index in [2.05, 4.69) is 6.58 Å². The van der Waals surface area contributed by atoms with Crippen molar-refractivity contribution in [1.29, 1.82) is 0 Å². The molecular weight excluding hydrogens is 186 g/mol. The van der Waals surface area contributed by atoms with Crippen molar-refractivity contribution in [1.82, 2.24) is 0 Å². The first kappa shape index (κ1) is 10.1. The molecule has 0 heterocycles. The Kier molecular flexibility index (Phi) is 3.34. The van der Waals surface area contributed by atoms with Gasteiger partial charge in [0.15, 0.2) is 0 Å². The Morgan fingerprint density at radius 1 is 1.62 bits per heavy atom. The second-order valence-corrected chi connectivity index (χ2v) is 3.24. The highest BCUT2D eigenvalue weighted by molar-refractivity contribution is 6.31. The van der Waals surface area contributed by atoms with E-state index in [4.69, 9.17) is 22.4 Å². The zero-order valence-corrected chi connectivity index (χ0v) is 7.96. The molecule has 0 aliphatic carbocycles. The number of halogens is 1. The molecule has 1 atom stereocenters. The van der Waals surface area contributed by atoms with E-state index in [1.807, 2.05) is 0 Å². The van der Waals surface area contributed by atoms with Crippen LogP contribution in [0.25, 0.3) is 0 Å². The quantitative estimate of drug-likeness (QED) is 0.732. The third-order valence-electron chi connectivity index (χ3n) is 1.80. The van der Waals surface area contributed by atoms with E-state index in [0.29, 0.717) is 11.4 Å². The molecule has 0 fully saturated rings. The van der Waals surface area contributed by atoms with Gasteiger partial charge in [0.2, 0.25) is 0 Å². The summed E-state index contributed by atoms with van der Waals surface area (Å²) in [5.41, 5.74) is 6.65. The molecule has 0 spiro atoms. The van der Waals surface area contributed by atoms with Crippen molar-refractivity contribution in [3.8, 4) is 5.75 Å². The number of hydrogen-bond acceptors (Lipinski definition) is 2. The fourth-order valence-electron chi connectivity index (χ4n) is 1.12. The van der Waals surface area contributed by atoms with Gasteiger partial charge >= 0.3 is 0 Å². The van der Waals surface area contributed by atoms with Crippen LogP contribution < -0.4 is 5.73 Å². The lowest BCUT2D eigenvalue weighted by atomic mass is 10.0. The molecule has 0 amide bonds. The highest BCUT2D eigenvalue weighted by Crippen LogP contribution is 2.27. The third kappa shape index (κ3) is 2.47. The Bertz CT molecular complexity index is 312. The summed E-state index contributed by atoms with van der Waals surface area (Å²) in [6, 6.07) is 4.64. The lowest BCUT2D eigenvalue weighted by Crippen LogP contribution is -2.09. The van der Waals surface area contributed by atoms with E-state index in [1.165, 1.54) is 6.07 Å². The Morgan fingerprint density at radius 3 is 2.85 bits per heavy atom. The van der Waals surface area contributed by atoms with Crippen LogP contribution >= 0.6 is 11.6 Å². The van der Waals surface area contributed by atoms with E-state index in [-0.39, 0.29) is 11.8 Å². The lowest BCUT2D eigenvalue weighted by Gasteiger charge is -2.11. The first-order valence-electron chi connectivity index (χ1n) is 4.00. The number of rotatable bonds is 3. The van der Waals surface area contributed by atoms with Gasteiger partial charge in [-0.1, -0.05) is 23.7 Å². The minimum absolute atomic E-state index is 0.148. The highest BCUT2D eigenvalue weighted by atomic mass is 35.5. The van der Waals surface area contributed by atoms with Gasteiger partial charge in [-0.05, 0) is 24.1 Å². The third-order valence-corrected chi connectivity index (χ3v) is 2.13. The molecule has 70 valence electrons. The molecular formula is C10H12ClNO. The van der Waals surface area contributed by atoms with Gasteiger partial charge in [-0.25, -0.2) is 0 Å². The van der Waals surface area contributed by atoms with Crippen LogP contribution in [-0.4, -0.2) is 5.11 Å². The Balaban J connectivity index is 2.94. The molecule has 0 aliphatic heterocycles. The summed E-state index contributed by atoms with van der Waals surface area (Å²) in [5, 5.41) is 9.60. The van der Waals surface area contributed by atoms with Crippen LogP contribution in [0.4, 0.5) is 0 Å². The molecule has 0 aromatic heterocycles. The topological polar surface area (TPSA) is 46.2 Å². The van der Waals surface area contributed by atoms with Gasteiger partial charge < -0.3 is 10.8 Å². The zero-order valence-electron chi connectivity index (χ0n) is 7.20. The predicted octanol–water partition coefficient (Wildman–Crippen LogP) is 2.62. The van der Waals surface area contributed by atoms with Gasteiger partial charge in [-0.2, -0.15) is 0 Å². The molecule has 0 bridgehead atoms. The lowest BCUT2D eigenvalue weighted by molar-refractivity contribution is 0.475. The molecule has 0 saturated carbocycles.